The molecule has 0 radical (unpaired) electrons. The summed E-state index contributed by atoms with van der Waals surface area (Å²) in [5, 5.41) is 0.690. The zero-order valence-electron chi connectivity index (χ0n) is 14.9. The van der Waals surface area contributed by atoms with Gasteiger partial charge in [-0.2, -0.15) is 0 Å². The average Bonchev–Trinajstić information content (AvgIpc) is 2.58. The van der Waals surface area contributed by atoms with Crippen molar-refractivity contribution in [3.8, 4) is 5.75 Å². The summed E-state index contributed by atoms with van der Waals surface area (Å²) >= 11 is 0. The fourth-order valence-electron chi connectivity index (χ4n) is 3.33. The van der Waals surface area contributed by atoms with Gasteiger partial charge >= 0.3 is 5.63 Å². The molecule has 0 aliphatic carbocycles. The van der Waals surface area contributed by atoms with Crippen LogP contribution in [0.5, 0.6) is 5.75 Å². The van der Waals surface area contributed by atoms with Gasteiger partial charge in [0.1, 0.15) is 11.3 Å². The quantitative estimate of drug-likeness (QED) is 0.835. The largest absolute Gasteiger partial charge is 0.483 e. The molecule has 1 aromatic heterocycles. The van der Waals surface area contributed by atoms with Crippen molar-refractivity contribution in [2.75, 3.05) is 19.7 Å². The number of nitrogens with zero attached hydrogens (tertiary/aromatic N) is 1. The number of carbonyl (C=O) groups is 2. The zero-order valence-corrected chi connectivity index (χ0v) is 14.9. The first kappa shape index (κ1) is 18.0. The molecule has 1 aliphatic rings. The number of rotatable bonds is 4. The van der Waals surface area contributed by atoms with Gasteiger partial charge in [-0.15, -0.1) is 0 Å². The van der Waals surface area contributed by atoms with Crippen LogP contribution in [0.2, 0.25) is 0 Å². The molecule has 0 unspecified atom stereocenters. The minimum atomic E-state index is -0.417. The second-order valence-electron chi connectivity index (χ2n) is 6.73. The van der Waals surface area contributed by atoms with Gasteiger partial charge in [0.15, 0.2) is 6.61 Å². The molecule has 1 saturated heterocycles. The second-order valence-corrected chi connectivity index (χ2v) is 6.73. The lowest BCUT2D eigenvalue weighted by molar-refractivity contribution is -0.136. The second kappa shape index (κ2) is 7.19. The number of benzene rings is 1. The molecule has 2 N–H and O–H groups in total. The summed E-state index contributed by atoms with van der Waals surface area (Å²) in [7, 11) is 0. The predicted octanol–water partition coefficient (Wildman–Crippen LogP) is 1.51. The number of primary amides is 1. The van der Waals surface area contributed by atoms with Crippen molar-refractivity contribution in [2.45, 2.75) is 26.7 Å². The van der Waals surface area contributed by atoms with Gasteiger partial charge in [0.05, 0.1) is 5.39 Å². The van der Waals surface area contributed by atoms with Gasteiger partial charge in [-0.3, -0.25) is 9.59 Å². The number of likely N-dealkylation sites (tertiary alicyclic amines) is 1. The van der Waals surface area contributed by atoms with E-state index in [1.807, 2.05) is 13.0 Å². The van der Waals surface area contributed by atoms with E-state index in [4.69, 9.17) is 14.9 Å². The molecule has 2 aromatic rings. The normalized spacial score (nSPS) is 15.2. The number of aryl methyl sites for hydroxylation is 2. The monoisotopic (exact) mass is 358 g/mol. The van der Waals surface area contributed by atoms with E-state index < -0.39 is 5.63 Å². The van der Waals surface area contributed by atoms with Crippen molar-refractivity contribution >= 4 is 22.8 Å². The van der Waals surface area contributed by atoms with Crippen molar-refractivity contribution in [1.29, 1.82) is 0 Å². The highest BCUT2D eigenvalue weighted by molar-refractivity contribution is 5.88. The first-order valence-corrected chi connectivity index (χ1v) is 8.60. The predicted molar refractivity (Wildman–Crippen MR) is 96.0 cm³/mol. The average molecular weight is 358 g/mol. The van der Waals surface area contributed by atoms with Crippen molar-refractivity contribution in [1.82, 2.24) is 4.90 Å². The molecular weight excluding hydrogens is 336 g/mol. The van der Waals surface area contributed by atoms with Crippen LogP contribution in [0.3, 0.4) is 0 Å². The highest BCUT2D eigenvalue weighted by atomic mass is 16.5. The van der Waals surface area contributed by atoms with E-state index in [2.05, 4.69) is 0 Å². The van der Waals surface area contributed by atoms with E-state index in [1.54, 1.807) is 17.9 Å². The maximum absolute atomic E-state index is 12.4. The number of piperidine rings is 1. The number of hydrogen-bond acceptors (Lipinski definition) is 5. The van der Waals surface area contributed by atoms with Crippen LogP contribution in [0.25, 0.3) is 11.0 Å². The van der Waals surface area contributed by atoms with Gasteiger partial charge in [0.2, 0.25) is 5.91 Å². The van der Waals surface area contributed by atoms with E-state index in [0.717, 1.165) is 11.1 Å². The molecule has 138 valence electrons. The Kier molecular flexibility index (Phi) is 4.97. The fraction of sp³-hybridized carbons (Fsp3) is 0.421. The maximum atomic E-state index is 12.4. The van der Waals surface area contributed by atoms with Crippen LogP contribution in [0.15, 0.2) is 27.4 Å². The third kappa shape index (κ3) is 3.71. The van der Waals surface area contributed by atoms with Crippen LogP contribution in [-0.2, 0) is 9.59 Å². The molecule has 2 amide bonds. The van der Waals surface area contributed by atoms with Crippen LogP contribution >= 0.6 is 0 Å². The van der Waals surface area contributed by atoms with Gasteiger partial charge < -0.3 is 19.8 Å². The van der Waals surface area contributed by atoms with E-state index >= 15 is 0 Å². The Hall–Kier alpha value is -2.83. The Labute approximate surface area is 150 Å². The first-order valence-electron chi connectivity index (χ1n) is 8.60. The number of carbonyl (C=O) groups excluding carboxylic acids is 2. The lowest BCUT2D eigenvalue weighted by atomic mass is 9.96. The Bertz CT molecular complexity index is 910. The fourth-order valence-corrected chi connectivity index (χ4v) is 3.33. The maximum Gasteiger partial charge on any atom is 0.336 e. The Morgan fingerprint density at radius 3 is 2.58 bits per heavy atom. The van der Waals surface area contributed by atoms with Gasteiger partial charge in [-0.05, 0) is 49.9 Å². The molecule has 0 atom stereocenters. The highest BCUT2D eigenvalue weighted by Crippen LogP contribution is 2.29. The molecule has 26 heavy (non-hydrogen) atoms. The summed E-state index contributed by atoms with van der Waals surface area (Å²) in [4.78, 5) is 36.9. The molecule has 7 nitrogen and oxygen atoms in total. The van der Waals surface area contributed by atoms with E-state index in [-0.39, 0.29) is 24.3 Å². The van der Waals surface area contributed by atoms with Crippen LogP contribution in [0.4, 0.5) is 0 Å². The van der Waals surface area contributed by atoms with Crippen LogP contribution in [0.1, 0.15) is 24.0 Å². The molecule has 0 bridgehead atoms. The third-order valence-corrected chi connectivity index (χ3v) is 4.75. The summed E-state index contributed by atoms with van der Waals surface area (Å²) in [5.74, 6) is -0.0954. The minimum Gasteiger partial charge on any atom is -0.483 e. The Morgan fingerprint density at radius 1 is 1.23 bits per heavy atom. The lowest BCUT2D eigenvalue weighted by Crippen LogP contribution is -2.43. The molecule has 0 saturated carbocycles. The van der Waals surface area contributed by atoms with Crippen molar-refractivity contribution in [3.63, 3.8) is 0 Å². The molecule has 7 heteroatoms. The number of amides is 2. The van der Waals surface area contributed by atoms with Crippen molar-refractivity contribution in [3.05, 3.63) is 39.7 Å². The number of hydrogen-bond donors (Lipinski definition) is 1. The van der Waals surface area contributed by atoms with E-state index in [9.17, 15) is 14.4 Å². The van der Waals surface area contributed by atoms with Gasteiger partial charge in [0.25, 0.3) is 5.91 Å². The first-order chi connectivity index (χ1) is 12.3. The van der Waals surface area contributed by atoms with Crippen molar-refractivity contribution in [2.24, 2.45) is 11.7 Å². The number of nitrogens with two attached hydrogens (primary N) is 1. The number of fused-ring (bicyclic) bond motifs is 1. The van der Waals surface area contributed by atoms with Gasteiger partial charge in [-0.1, -0.05) is 0 Å². The number of ether oxygens (including phenoxy) is 1. The van der Waals surface area contributed by atoms with E-state index in [1.165, 1.54) is 6.07 Å². The Balaban J connectivity index is 1.73. The zero-order chi connectivity index (χ0) is 18.8. The van der Waals surface area contributed by atoms with E-state index in [0.29, 0.717) is 42.6 Å². The summed E-state index contributed by atoms with van der Waals surface area (Å²) in [5.41, 5.74) is 6.95. The molecule has 1 aromatic carbocycles. The van der Waals surface area contributed by atoms with Gasteiger partial charge in [0, 0.05) is 25.1 Å². The molecule has 1 aliphatic heterocycles. The Morgan fingerprint density at radius 2 is 1.92 bits per heavy atom. The lowest BCUT2D eigenvalue weighted by Gasteiger charge is -2.30. The molecular formula is C19H22N2O5. The van der Waals surface area contributed by atoms with Crippen LogP contribution < -0.4 is 16.1 Å². The van der Waals surface area contributed by atoms with Crippen molar-refractivity contribution < 1.29 is 18.7 Å². The van der Waals surface area contributed by atoms with Gasteiger partial charge in [-0.25, -0.2) is 4.79 Å². The molecule has 1 fully saturated rings. The summed E-state index contributed by atoms with van der Waals surface area (Å²) in [6.07, 6.45) is 1.16. The molecule has 2 heterocycles. The summed E-state index contributed by atoms with van der Waals surface area (Å²) in [6, 6.07) is 5.00. The SMILES string of the molecule is Cc1cc(OCC(=O)N2CCC(C(N)=O)CC2)c2c(C)cc(=O)oc2c1. The van der Waals surface area contributed by atoms with Crippen LogP contribution in [0, 0.1) is 19.8 Å². The third-order valence-electron chi connectivity index (χ3n) is 4.75. The van der Waals surface area contributed by atoms with Crippen LogP contribution in [-0.4, -0.2) is 36.4 Å². The topological polar surface area (TPSA) is 103 Å². The molecule has 0 spiro atoms. The minimum absolute atomic E-state index is 0.113. The summed E-state index contributed by atoms with van der Waals surface area (Å²) < 4.78 is 11.0. The summed E-state index contributed by atoms with van der Waals surface area (Å²) in [6.45, 7) is 4.55. The standard InChI is InChI=1S/C19H22N2O5/c1-11-7-14(18-12(2)9-17(23)26-15(18)8-11)25-10-16(22)21-5-3-13(4-6-21)19(20)24/h7-9,13H,3-6,10H2,1-2H3,(H2,20,24). The molecule has 3 rings (SSSR count). The highest BCUT2D eigenvalue weighted by Gasteiger charge is 2.26. The smallest absolute Gasteiger partial charge is 0.336 e.